The summed E-state index contributed by atoms with van der Waals surface area (Å²) in [5, 5.41) is 11.5. The molecule has 2 aromatic rings. The highest BCUT2D eigenvalue weighted by Crippen LogP contribution is 2.34. The number of nitrogens with one attached hydrogen (secondary N) is 1. The molecule has 0 radical (unpaired) electrons. The van der Waals surface area contributed by atoms with E-state index in [0.29, 0.717) is 5.17 Å². The molecule has 0 bridgehead atoms. The largest absolute Gasteiger partial charge is 0.302 e. The zero-order valence-corrected chi connectivity index (χ0v) is 13.8. The molecule has 0 unspecified atom stereocenters. The van der Waals surface area contributed by atoms with Crippen LogP contribution in [0.4, 0.5) is 0 Å². The fourth-order valence-corrected chi connectivity index (χ4v) is 3.16. The summed E-state index contributed by atoms with van der Waals surface area (Å²) in [5.74, 6) is -0.0526. The molecule has 0 aromatic heterocycles. The second kappa shape index (κ2) is 6.79. The minimum Gasteiger partial charge on any atom is -0.302 e. The molecular formula is C18H17N3OS. The van der Waals surface area contributed by atoms with Crippen molar-refractivity contribution < 1.29 is 4.79 Å². The first-order valence-electron chi connectivity index (χ1n) is 7.35. The van der Waals surface area contributed by atoms with E-state index in [1.165, 1.54) is 17.3 Å². The lowest BCUT2D eigenvalue weighted by atomic mass is 10.1. The number of nitrogens with zero attached hydrogens (tertiary/aromatic N) is 2. The number of aryl methyl sites for hydroxylation is 1. The summed E-state index contributed by atoms with van der Waals surface area (Å²) in [5.41, 5.74) is 4.01. The van der Waals surface area contributed by atoms with E-state index in [1.807, 2.05) is 68.4 Å². The van der Waals surface area contributed by atoms with Crippen molar-refractivity contribution in [1.82, 2.24) is 5.32 Å². The molecule has 23 heavy (non-hydrogen) atoms. The SMILES string of the molecule is C/C(=N/N=C1/NC(=O)[C@H](c2ccccc2)S1)c1ccc(C)cc1. The van der Waals surface area contributed by atoms with Crippen LogP contribution in [0.3, 0.4) is 0 Å². The molecule has 0 aliphatic carbocycles. The van der Waals surface area contributed by atoms with Gasteiger partial charge in [-0.25, -0.2) is 0 Å². The van der Waals surface area contributed by atoms with Crippen LogP contribution in [0.15, 0.2) is 64.8 Å². The molecule has 2 aromatic carbocycles. The number of carbonyl (C=O) groups is 1. The number of amidine groups is 1. The van der Waals surface area contributed by atoms with Crippen LogP contribution in [0.5, 0.6) is 0 Å². The normalized spacial score (nSPS) is 19.9. The second-order valence-corrected chi connectivity index (χ2v) is 6.45. The van der Waals surface area contributed by atoms with Crippen molar-refractivity contribution in [3.05, 3.63) is 71.3 Å². The summed E-state index contributed by atoms with van der Waals surface area (Å²) < 4.78 is 0. The quantitative estimate of drug-likeness (QED) is 0.692. The van der Waals surface area contributed by atoms with Crippen LogP contribution in [-0.2, 0) is 4.79 Å². The number of benzene rings is 2. The van der Waals surface area contributed by atoms with Crippen molar-refractivity contribution in [1.29, 1.82) is 0 Å². The Hall–Kier alpha value is -2.40. The van der Waals surface area contributed by atoms with Gasteiger partial charge in [-0.15, -0.1) is 5.10 Å². The van der Waals surface area contributed by atoms with Gasteiger partial charge >= 0.3 is 0 Å². The Morgan fingerprint density at radius 2 is 1.78 bits per heavy atom. The lowest BCUT2D eigenvalue weighted by Gasteiger charge is -2.03. The van der Waals surface area contributed by atoms with Gasteiger partial charge < -0.3 is 5.32 Å². The molecule has 1 saturated heterocycles. The fraction of sp³-hybridized carbons (Fsp3) is 0.167. The summed E-state index contributed by atoms with van der Waals surface area (Å²) in [4.78, 5) is 12.1. The van der Waals surface area contributed by atoms with Crippen molar-refractivity contribution in [3.8, 4) is 0 Å². The van der Waals surface area contributed by atoms with E-state index in [2.05, 4.69) is 15.5 Å². The fourth-order valence-electron chi connectivity index (χ4n) is 2.23. The molecule has 116 valence electrons. The van der Waals surface area contributed by atoms with Crippen molar-refractivity contribution in [2.75, 3.05) is 0 Å². The molecule has 1 N–H and O–H groups in total. The first-order chi connectivity index (χ1) is 11.1. The van der Waals surface area contributed by atoms with Crippen molar-refractivity contribution in [2.24, 2.45) is 10.2 Å². The lowest BCUT2D eigenvalue weighted by Crippen LogP contribution is -2.21. The number of thioether (sulfide) groups is 1. The average Bonchev–Trinajstić information content (AvgIpc) is 2.95. The molecule has 1 amide bonds. The first kappa shape index (κ1) is 15.5. The Kier molecular flexibility index (Phi) is 4.57. The zero-order valence-electron chi connectivity index (χ0n) is 13.0. The molecular weight excluding hydrogens is 306 g/mol. The van der Waals surface area contributed by atoms with E-state index in [0.717, 1.165) is 16.8 Å². The van der Waals surface area contributed by atoms with Gasteiger partial charge in [0.05, 0.1) is 5.71 Å². The summed E-state index contributed by atoms with van der Waals surface area (Å²) in [6, 6.07) is 17.8. The number of amides is 1. The number of hydrogen-bond donors (Lipinski definition) is 1. The molecule has 1 fully saturated rings. The van der Waals surface area contributed by atoms with Crippen LogP contribution in [0.2, 0.25) is 0 Å². The predicted octanol–water partition coefficient (Wildman–Crippen LogP) is 3.68. The second-order valence-electron chi connectivity index (χ2n) is 5.35. The van der Waals surface area contributed by atoms with Crippen LogP contribution in [0.1, 0.15) is 28.9 Å². The molecule has 3 rings (SSSR count). The van der Waals surface area contributed by atoms with Crippen LogP contribution < -0.4 is 5.32 Å². The highest BCUT2D eigenvalue weighted by atomic mass is 32.2. The van der Waals surface area contributed by atoms with Crippen LogP contribution >= 0.6 is 11.8 Å². The van der Waals surface area contributed by atoms with Crippen LogP contribution in [0, 0.1) is 6.92 Å². The zero-order chi connectivity index (χ0) is 16.2. The van der Waals surface area contributed by atoms with E-state index < -0.39 is 0 Å². The van der Waals surface area contributed by atoms with Gasteiger partial charge in [-0.2, -0.15) is 5.10 Å². The monoisotopic (exact) mass is 323 g/mol. The summed E-state index contributed by atoms with van der Waals surface area (Å²) in [6.07, 6.45) is 0. The highest BCUT2D eigenvalue weighted by molar-refractivity contribution is 8.15. The number of rotatable bonds is 3. The summed E-state index contributed by atoms with van der Waals surface area (Å²) in [6.45, 7) is 3.95. The Bertz CT molecular complexity index is 767. The van der Waals surface area contributed by atoms with Crippen LogP contribution in [0.25, 0.3) is 0 Å². The summed E-state index contributed by atoms with van der Waals surface area (Å²) in [7, 11) is 0. The Morgan fingerprint density at radius 1 is 1.09 bits per heavy atom. The van der Waals surface area contributed by atoms with Gasteiger partial charge in [0.15, 0.2) is 5.17 Å². The van der Waals surface area contributed by atoms with E-state index in [1.54, 1.807) is 0 Å². The van der Waals surface area contributed by atoms with Crippen molar-refractivity contribution >= 4 is 28.5 Å². The van der Waals surface area contributed by atoms with Gasteiger partial charge in [0.2, 0.25) is 5.91 Å². The van der Waals surface area contributed by atoms with Gasteiger partial charge in [0.25, 0.3) is 0 Å². The average molecular weight is 323 g/mol. The Morgan fingerprint density at radius 3 is 2.48 bits per heavy atom. The number of hydrogen-bond acceptors (Lipinski definition) is 4. The third kappa shape index (κ3) is 3.68. The molecule has 4 nitrogen and oxygen atoms in total. The van der Waals surface area contributed by atoms with Gasteiger partial charge in [0, 0.05) is 0 Å². The number of carbonyl (C=O) groups excluding carboxylic acids is 1. The van der Waals surface area contributed by atoms with Gasteiger partial charge in [0.1, 0.15) is 5.25 Å². The highest BCUT2D eigenvalue weighted by Gasteiger charge is 2.31. The Balaban J connectivity index is 1.75. The third-order valence-electron chi connectivity index (χ3n) is 3.56. The van der Waals surface area contributed by atoms with E-state index in [-0.39, 0.29) is 11.2 Å². The molecule has 0 spiro atoms. The van der Waals surface area contributed by atoms with Gasteiger partial charge in [-0.05, 0) is 25.0 Å². The maximum Gasteiger partial charge on any atom is 0.244 e. The van der Waals surface area contributed by atoms with E-state index >= 15 is 0 Å². The lowest BCUT2D eigenvalue weighted by molar-refractivity contribution is -0.118. The smallest absolute Gasteiger partial charge is 0.244 e. The third-order valence-corrected chi connectivity index (χ3v) is 4.69. The van der Waals surface area contributed by atoms with Gasteiger partial charge in [-0.3, -0.25) is 4.79 Å². The molecule has 1 aliphatic heterocycles. The topological polar surface area (TPSA) is 53.8 Å². The molecule has 0 saturated carbocycles. The standard InChI is InChI=1S/C18H17N3OS/c1-12-8-10-14(11-9-12)13(2)20-21-18-19-17(22)16(23-18)15-6-4-3-5-7-15/h3-11,16H,1-2H3,(H,19,21,22)/b20-13-/t16-/m0/s1. The van der Waals surface area contributed by atoms with Gasteiger partial charge in [-0.1, -0.05) is 71.9 Å². The maximum atomic E-state index is 12.1. The van der Waals surface area contributed by atoms with Crippen molar-refractivity contribution in [2.45, 2.75) is 19.1 Å². The van der Waals surface area contributed by atoms with Crippen LogP contribution in [-0.4, -0.2) is 16.8 Å². The van der Waals surface area contributed by atoms with E-state index in [4.69, 9.17) is 0 Å². The molecule has 1 aliphatic rings. The van der Waals surface area contributed by atoms with E-state index in [9.17, 15) is 4.79 Å². The minimum atomic E-state index is -0.259. The summed E-state index contributed by atoms with van der Waals surface area (Å²) >= 11 is 1.39. The molecule has 5 heteroatoms. The first-order valence-corrected chi connectivity index (χ1v) is 8.23. The molecule has 1 heterocycles. The minimum absolute atomic E-state index is 0.0526. The Labute approximate surface area is 139 Å². The molecule has 1 atom stereocenters. The van der Waals surface area contributed by atoms with Crippen molar-refractivity contribution in [3.63, 3.8) is 0 Å². The maximum absolute atomic E-state index is 12.1. The predicted molar refractivity (Wildman–Crippen MR) is 95.7 cm³/mol.